The van der Waals surface area contributed by atoms with Gasteiger partial charge in [-0.1, -0.05) is 11.2 Å². The Bertz CT molecular complexity index is 606. The highest BCUT2D eigenvalue weighted by Crippen LogP contribution is 2.28. The third-order valence-electron chi connectivity index (χ3n) is 3.70. The summed E-state index contributed by atoms with van der Waals surface area (Å²) in [5, 5.41) is 7.37. The largest absolute Gasteiger partial charge is 0.493 e. The fraction of sp³-hybridized carbons (Fsp3) is 0.467. The van der Waals surface area contributed by atoms with Gasteiger partial charge >= 0.3 is 0 Å². The fourth-order valence-electron chi connectivity index (χ4n) is 2.54. The zero-order chi connectivity index (χ0) is 14.7. The summed E-state index contributed by atoms with van der Waals surface area (Å²) < 4.78 is 15.9. The van der Waals surface area contributed by atoms with Crippen LogP contribution in [0.2, 0.25) is 0 Å². The molecular weight excluding hydrogens is 270 g/mol. The molecule has 1 aliphatic rings. The average molecular weight is 289 g/mol. The zero-order valence-electron chi connectivity index (χ0n) is 12.3. The average Bonchev–Trinajstić information content (AvgIpc) is 3.17. The van der Waals surface area contributed by atoms with Crippen molar-refractivity contribution in [1.29, 1.82) is 0 Å². The molecule has 0 saturated carbocycles. The number of hydrogen-bond donors (Lipinski definition) is 1. The minimum absolute atomic E-state index is 0.344. The summed E-state index contributed by atoms with van der Waals surface area (Å²) in [6, 6.07) is 5.80. The third kappa shape index (κ3) is 3.00. The van der Waals surface area contributed by atoms with E-state index in [9.17, 15) is 0 Å². The predicted octanol–water partition coefficient (Wildman–Crippen LogP) is 1.75. The Morgan fingerprint density at radius 3 is 2.86 bits per heavy atom. The maximum absolute atomic E-state index is 5.37. The number of nitrogens with zero attached hydrogens (tertiary/aromatic N) is 2. The molecule has 0 bridgehead atoms. The van der Waals surface area contributed by atoms with Gasteiger partial charge < -0.3 is 19.3 Å². The van der Waals surface area contributed by atoms with Crippen molar-refractivity contribution >= 4 is 0 Å². The molecule has 1 fully saturated rings. The van der Waals surface area contributed by atoms with Crippen LogP contribution in [-0.4, -0.2) is 37.4 Å². The quantitative estimate of drug-likeness (QED) is 0.904. The van der Waals surface area contributed by atoms with E-state index in [1.165, 1.54) is 0 Å². The molecule has 1 saturated heterocycles. The molecule has 1 aliphatic heterocycles. The second-order valence-corrected chi connectivity index (χ2v) is 5.10. The van der Waals surface area contributed by atoms with Gasteiger partial charge in [0.25, 0.3) is 0 Å². The lowest BCUT2D eigenvalue weighted by atomic mass is 10.1. The van der Waals surface area contributed by atoms with Crippen LogP contribution in [0.1, 0.15) is 29.6 Å². The SMILES string of the molecule is COc1ccc(Cc2noc(C3CCNC3)n2)cc1OC. The highest BCUT2D eigenvalue weighted by molar-refractivity contribution is 5.43. The molecule has 0 spiro atoms. The molecule has 2 heterocycles. The van der Waals surface area contributed by atoms with Gasteiger partial charge in [-0.05, 0) is 30.7 Å². The predicted molar refractivity (Wildman–Crippen MR) is 76.9 cm³/mol. The highest BCUT2D eigenvalue weighted by Gasteiger charge is 2.22. The van der Waals surface area contributed by atoms with Crippen molar-refractivity contribution in [3.8, 4) is 11.5 Å². The topological polar surface area (TPSA) is 69.4 Å². The number of ether oxygens (including phenoxy) is 2. The first kappa shape index (κ1) is 13.9. The number of rotatable bonds is 5. The van der Waals surface area contributed by atoms with E-state index < -0.39 is 0 Å². The Morgan fingerprint density at radius 1 is 1.29 bits per heavy atom. The van der Waals surface area contributed by atoms with E-state index in [4.69, 9.17) is 14.0 Å². The smallest absolute Gasteiger partial charge is 0.231 e. The van der Waals surface area contributed by atoms with Gasteiger partial charge in [-0.25, -0.2) is 0 Å². The van der Waals surface area contributed by atoms with Crippen molar-refractivity contribution in [3.63, 3.8) is 0 Å². The van der Waals surface area contributed by atoms with Crippen LogP contribution in [0.5, 0.6) is 11.5 Å². The molecule has 0 amide bonds. The molecule has 3 rings (SSSR count). The highest BCUT2D eigenvalue weighted by atomic mass is 16.5. The van der Waals surface area contributed by atoms with E-state index >= 15 is 0 Å². The molecule has 1 unspecified atom stereocenters. The van der Waals surface area contributed by atoms with Crippen LogP contribution in [0.15, 0.2) is 22.7 Å². The Hall–Kier alpha value is -2.08. The zero-order valence-corrected chi connectivity index (χ0v) is 12.3. The third-order valence-corrected chi connectivity index (χ3v) is 3.70. The molecule has 112 valence electrons. The molecule has 0 radical (unpaired) electrons. The van der Waals surface area contributed by atoms with Crippen LogP contribution >= 0.6 is 0 Å². The summed E-state index contributed by atoms with van der Waals surface area (Å²) in [6.45, 7) is 1.93. The lowest BCUT2D eigenvalue weighted by Gasteiger charge is -2.08. The van der Waals surface area contributed by atoms with Crippen molar-refractivity contribution in [2.24, 2.45) is 0 Å². The van der Waals surface area contributed by atoms with Crippen LogP contribution in [0.3, 0.4) is 0 Å². The lowest BCUT2D eigenvalue weighted by Crippen LogP contribution is -2.08. The number of nitrogens with one attached hydrogen (secondary N) is 1. The van der Waals surface area contributed by atoms with E-state index in [2.05, 4.69) is 15.5 Å². The summed E-state index contributed by atoms with van der Waals surface area (Å²) in [7, 11) is 3.25. The molecule has 1 aromatic carbocycles. The molecule has 0 aliphatic carbocycles. The van der Waals surface area contributed by atoms with Gasteiger partial charge in [-0.2, -0.15) is 4.98 Å². The van der Waals surface area contributed by atoms with Gasteiger partial charge in [-0.15, -0.1) is 0 Å². The normalized spacial score (nSPS) is 17.9. The molecule has 6 heteroatoms. The number of methoxy groups -OCH3 is 2. The van der Waals surface area contributed by atoms with Crippen LogP contribution in [0, 0.1) is 0 Å². The van der Waals surface area contributed by atoms with Crippen LogP contribution in [0.25, 0.3) is 0 Å². The summed E-state index contributed by atoms with van der Waals surface area (Å²) >= 11 is 0. The number of aromatic nitrogens is 2. The fourth-order valence-corrected chi connectivity index (χ4v) is 2.54. The number of benzene rings is 1. The second-order valence-electron chi connectivity index (χ2n) is 5.10. The van der Waals surface area contributed by atoms with Crippen molar-refractivity contribution in [3.05, 3.63) is 35.5 Å². The Balaban J connectivity index is 1.74. The van der Waals surface area contributed by atoms with Gasteiger partial charge in [0.2, 0.25) is 5.89 Å². The number of hydrogen-bond acceptors (Lipinski definition) is 6. The van der Waals surface area contributed by atoms with Crippen molar-refractivity contribution < 1.29 is 14.0 Å². The maximum atomic E-state index is 5.37. The van der Waals surface area contributed by atoms with Gasteiger partial charge in [0.05, 0.1) is 20.1 Å². The Kier molecular flexibility index (Phi) is 4.06. The first-order chi connectivity index (χ1) is 10.3. The summed E-state index contributed by atoms with van der Waals surface area (Å²) in [6.07, 6.45) is 1.67. The molecule has 1 aromatic heterocycles. The monoisotopic (exact) mass is 289 g/mol. The van der Waals surface area contributed by atoms with Crippen LogP contribution in [-0.2, 0) is 6.42 Å². The van der Waals surface area contributed by atoms with Crippen molar-refractivity contribution in [1.82, 2.24) is 15.5 Å². The maximum Gasteiger partial charge on any atom is 0.231 e. The van der Waals surface area contributed by atoms with Gasteiger partial charge in [0.1, 0.15) is 0 Å². The minimum Gasteiger partial charge on any atom is -0.493 e. The van der Waals surface area contributed by atoms with E-state index in [0.29, 0.717) is 29.7 Å². The Labute approximate surface area is 123 Å². The van der Waals surface area contributed by atoms with E-state index in [1.807, 2.05) is 18.2 Å². The van der Waals surface area contributed by atoms with Crippen molar-refractivity contribution in [2.45, 2.75) is 18.8 Å². The van der Waals surface area contributed by atoms with E-state index in [0.717, 1.165) is 31.0 Å². The van der Waals surface area contributed by atoms with Crippen LogP contribution < -0.4 is 14.8 Å². The molecule has 21 heavy (non-hydrogen) atoms. The van der Waals surface area contributed by atoms with Crippen LogP contribution in [0.4, 0.5) is 0 Å². The van der Waals surface area contributed by atoms with E-state index in [-0.39, 0.29) is 0 Å². The summed E-state index contributed by atoms with van der Waals surface area (Å²) in [4.78, 5) is 4.50. The second kappa shape index (κ2) is 6.13. The molecule has 2 aromatic rings. The van der Waals surface area contributed by atoms with Gasteiger partial charge in [0, 0.05) is 13.0 Å². The Morgan fingerprint density at radius 2 is 2.14 bits per heavy atom. The standard InChI is InChI=1S/C15H19N3O3/c1-19-12-4-3-10(7-13(12)20-2)8-14-17-15(21-18-14)11-5-6-16-9-11/h3-4,7,11,16H,5-6,8-9H2,1-2H3. The summed E-state index contributed by atoms with van der Waals surface area (Å²) in [5.41, 5.74) is 1.06. The first-order valence-corrected chi connectivity index (χ1v) is 7.04. The van der Waals surface area contributed by atoms with E-state index in [1.54, 1.807) is 14.2 Å². The summed E-state index contributed by atoms with van der Waals surface area (Å²) in [5.74, 6) is 3.20. The molecular formula is C15H19N3O3. The van der Waals surface area contributed by atoms with Crippen molar-refractivity contribution in [2.75, 3.05) is 27.3 Å². The molecule has 1 atom stereocenters. The lowest BCUT2D eigenvalue weighted by molar-refractivity contribution is 0.353. The first-order valence-electron chi connectivity index (χ1n) is 7.04. The van der Waals surface area contributed by atoms with Gasteiger partial charge in [0.15, 0.2) is 17.3 Å². The molecule has 6 nitrogen and oxygen atoms in total. The molecule has 1 N–H and O–H groups in total. The van der Waals surface area contributed by atoms with Gasteiger partial charge in [-0.3, -0.25) is 0 Å². The minimum atomic E-state index is 0.344.